The van der Waals surface area contributed by atoms with Gasteiger partial charge in [-0.05, 0) is 49.2 Å². The third-order valence-electron chi connectivity index (χ3n) is 4.12. The molecule has 1 fully saturated rings. The van der Waals surface area contributed by atoms with Crippen molar-refractivity contribution in [3.05, 3.63) is 72.3 Å². The highest BCUT2D eigenvalue weighted by atomic mass is 19.1. The molecule has 1 aliphatic rings. The summed E-state index contributed by atoms with van der Waals surface area (Å²) in [5, 5.41) is 6.13. The summed E-state index contributed by atoms with van der Waals surface area (Å²) in [4.78, 5) is 20.4. The van der Waals surface area contributed by atoms with Crippen LogP contribution in [0.2, 0.25) is 0 Å². The van der Waals surface area contributed by atoms with E-state index in [1.54, 1.807) is 30.3 Å². The minimum atomic E-state index is -0.310. The average Bonchev–Trinajstić information content (AvgIpc) is 3.46. The lowest BCUT2D eigenvalue weighted by Gasteiger charge is -2.08. The summed E-state index contributed by atoms with van der Waals surface area (Å²) >= 11 is 0. The van der Waals surface area contributed by atoms with E-state index < -0.39 is 0 Å². The van der Waals surface area contributed by atoms with Gasteiger partial charge in [-0.3, -0.25) is 4.79 Å². The Balaban J connectivity index is 1.48. The van der Waals surface area contributed by atoms with Gasteiger partial charge in [-0.25, -0.2) is 14.4 Å². The molecule has 1 aliphatic carbocycles. The highest BCUT2D eigenvalue weighted by molar-refractivity contribution is 5.95. The Bertz CT molecular complexity index is 939. The molecule has 1 saturated carbocycles. The maximum Gasteiger partial charge on any atom is 0.251 e. The second-order valence-corrected chi connectivity index (χ2v) is 6.25. The van der Waals surface area contributed by atoms with Gasteiger partial charge in [-0.1, -0.05) is 12.1 Å². The van der Waals surface area contributed by atoms with E-state index in [4.69, 9.17) is 0 Å². The van der Waals surface area contributed by atoms with Gasteiger partial charge in [0, 0.05) is 28.9 Å². The molecule has 0 aliphatic heterocycles. The molecule has 6 heteroatoms. The van der Waals surface area contributed by atoms with E-state index in [1.165, 1.54) is 18.5 Å². The number of carbonyl (C=O) groups excluding carboxylic acids is 1. The number of amides is 1. The molecule has 0 atom stereocenters. The molecule has 2 aromatic carbocycles. The lowest BCUT2D eigenvalue weighted by atomic mass is 10.1. The number of hydrogen-bond donors (Lipinski definition) is 2. The third-order valence-corrected chi connectivity index (χ3v) is 4.12. The molecule has 0 bridgehead atoms. The standard InChI is InChI=1S/C20H17FN4O/c21-15-3-1-2-14(10-15)18-11-19(23-12-22-18)24-16-6-4-13(5-7-16)20(26)25-17-8-9-17/h1-7,10-12,17H,8-9H2,(H,25,26)(H,22,23,24). The maximum atomic E-state index is 13.4. The molecule has 0 saturated heterocycles. The van der Waals surface area contributed by atoms with Crippen LogP contribution in [0, 0.1) is 5.82 Å². The van der Waals surface area contributed by atoms with Gasteiger partial charge >= 0.3 is 0 Å². The first kappa shape index (κ1) is 16.2. The molecule has 1 aromatic heterocycles. The number of aromatic nitrogens is 2. The van der Waals surface area contributed by atoms with E-state index in [1.807, 2.05) is 12.1 Å². The Morgan fingerprint density at radius 3 is 2.58 bits per heavy atom. The highest BCUT2D eigenvalue weighted by Gasteiger charge is 2.23. The van der Waals surface area contributed by atoms with Crippen LogP contribution in [0.25, 0.3) is 11.3 Å². The first-order valence-electron chi connectivity index (χ1n) is 8.43. The van der Waals surface area contributed by atoms with Gasteiger partial charge < -0.3 is 10.6 Å². The predicted molar refractivity (Wildman–Crippen MR) is 97.6 cm³/mol. The summed E-state index contributed by atoms with van der Waals surface area (Å²) in [7, 11) is 0. The van der Waals surface area contributed by atoms with Gasteiger partial charge in [-0.15, -0.1) is 0 Å². The third kappa shape index (κ3) is 3.85. The molecule has 4 rings (SSSR count). The van der Waals surface area contributed by atoms with Crippen LogP contribution in [-0.2, 0) is 0 Å². The normalized spacial score (nSPS) is 13.3. The summed E-state index contributed by atoms with van der Waals surface area (Å²) in [6, 6.07) is 15.5. The van der Waals surface area contributed by atoms with Crippen molar-refractivity contribution in [2.24, 2.45) is 0 Å². The Morgan fingerprint density at radius 2 is 1.85 bits per heavy atom. The van der Waals surface area contributed by atoms with E-state index in [0.717, 1.165) is 18.5 Å². The Labute approximate surface area is 150 Å². The zero-order valence-corrected chi connectivity index (χ0v) is 13.9. The second kappa shape index (κ2) is 6.92. The SMILES string of the molecule is O=C(NC1CC1)c1ccc(Nc2cc(-c3cccc(F)c3)ncn2)cc1. The fourth-order valence-electron chi connectivity index (χ4n) is 2.58. The summed E-state index contributed by atoms with van der Waals surface area (Å²) < 4.78 is 13.4. The number of carbonyl (C=O) groups is 1. The molecule has 0 unspecified atom stereocenters. The van der Waals surface area contributed by atoms with Crippen molar-refractivity contribution in [3.63, 3.8) is 0 Å². The molecule has 26 heavy (non-hydrogen) atoms. The Kier molecular flexibility index (Phi) is 4.31. The highest BCUT2D eigenvalue weighted by Crippen LogP contribution is 2.22. The van der Waals surface area contributed by atoms with Crippen LogP contribution < -0.4 is 10.6 Å². The van der Waals surface area contributed by atoms with E-state index in [2.05, 4.69) is 20.6 Å². The lowest BCUT2D eigenvalue weighted by Crippen LogP contribution is -2.25. The smallest absolute Gasteiger partial charge is 0.251 e. The molecule has 5 nitrogen and oxygen atoms in total. The van der Waals surface area contributed by atoms with Crippen LogP contribution in [0.4, 0.5) is 15.9 Å². The molecule has 130 valence electrons. The zero-order chi connectivity index (χ0) is 17.9. The minimum absolute atomic E-state index is 0.0468. The van der Waals surface area contributed by atoms with Crippen molar-refractivity contribution in [2.45, 2.75) is 18.9 Å². The van der Waals surface area contributed by atoms with Crippen molar-refractivity contribution < 1.29 is 9.18 Å². The molecule has 0 spiro atoms. The fourth-order valence-corrected chi connectivity index (χ4v) is 2.58. The molecular formula is C20H17FN4O. The summed E-state index contributed by atoms with van der Waals surface area (Å²) in [5.74, 6) is 0.236. The minimum Gasteiger partial charge on any atom is -0.349 e. The van der Waals surface area contributed by atoms with Crippen molar-refractivity contribution in [3.8, 4) is 11.3 Å². The summed E-state index contributed by atoms with van der Waals surface area (Å²) in [6.45, 7) is 0. The Hall–Kier alpha value is -3.28. The fraction of sp³-hybridized carbons (Fsp3) is 0.150. The number of nitrogens with one attached hydrogen (secondary N) is 2. The topological polar surface area (TPSA) is 66.9 Å². The maximum absolute atomic E-state index is 13.4. The number of halogens is 1. The van der Waals surface area contributed by atoms with E-state index >= 15 is 0 Å². The molecule has 0 radical (unpaired) electrons. The number of nitrogens with zero attached hydrogens (tertiary/aromatic N) is 2. The van der Waals surface area contributed by atoms with Crippen molar-refractivity contribution in [1.29, 1.82) is 0 Å². The first-order chi connectivity index (χ1) is 12.7. The van der Waals surface area contributed by atoms with E-state index in [-0.39, 0.29) is 11.7 Å². The molecular weight excluding hydrogens is 331 g/mol. The van der Waals surface area contributed by atoms with Gasteiger partial charge in [0.15, 0.2) is 0 Å². The summed E-state index contributed by atoms with van der Waals surface area (Å²) in [6.07, 6.45) is 3.56. The van der Waals surface area contributed by atoms with Crippen LogP contribution in [-0.4, -0.2) is 21.9 Å². The lowest BCUT2D eigenvalue weighted by molar-refractivity contribution is 0.0951. The van der Waals surface area contributed by atoms with Gasteiger partial charge in [0.1, 0.15) is 18.0 Å². The van der Waals surface area contributed by atoms with Gasteiger partial charge in [0.2, 0.25) is 0 Å². The molecule has 1 amide bonds. The van der Waals surface area contributed by atoms with Crippen LogP contribution in [0.3, 0.4) is 0 Å². The quantitative estimate of drug-likeness (QED) is 0.733. The van der Waals surface area contributed by atoms with E-state index in [0.29, 0.717) is 28.7 Å². The predicted octanol–water partition coefficient (Wildman–Crippen LogP) is 3.92. The molecule has 2 N–H and O–H groups in total. The van der Waals surface area contributed by atoms with Crippen LogP contribution in [0.15, 0.2) is 60.9 Å². The summed E-state index contributed by atoms with van der Waals surface area (Å²) in [5.41, 5.74) is 2.74. The van der Waals surface area contributed by atoms with Gasteiger partial charge in [-0.2, -0.15) is 0 Å². The number of rotatable bonds is 5. The van der Waals surface area contributed by atoms with Gasteiger partial charge in [0.05, 0.1) is 5.69 Å². The first-order valence-corrected chi connectivity index (χ1v) is 8.43. The van der Waals surface area contributed by atoms with Crippen molar-refractivity contribution in [1.82, 2.24) is 15.3 Å². The Morgan fingerprint density at radius 1 is 1.04 bits per heavy atom. The van der Waals surface area contributed by atoms with Crippen molar-refractivity contribution >= 4 is 17.4 Å². The molecule has 1 heterocycles. The van der Waals surface area contributed by atoms with Crippen molar-refractivity contribution in [2.75, 3.05) is 5.32 Å². The number of hydrogen-bond acceptors (Lipinski definition) is 4. The van der Waals surface area contributed by atoms with Gasteiger partial charge in [0.25, 0.3) is 5.91 Å². The molecule has 3 aromatic rings. The van der Waals surface area contributed by atoms with E-state index in [9.17, 15) is 9.18 Å². The average molecular weight is 348 g/mol. The monoisotopic (exact) mass is 348 g/mol. The number of benzene rings is 2. The largest absolute Gasteiger partial charge is 0.349 e. The van der Waals surface area contributed by atoms with Crippen LogP contribution in [0.5, 0.6) is 0 Å². The number of anilines is 2. The van der Waals surface area contributed by atoms with Crippen LogP contribution in [0.1, 0.15) is 23.2 Å². The van der Waals surface area contributed by atoms with Crippen LogP contribution >= 0.6 is 0 Å². The zero-order valence-electron chi connectivity index (χ0n) is 13.9. The second-order valence-electron chi connectivity index (χ2n) is 6.25.